The molecule has 0 saturated carbocycles. The van der Waals surface area contributed by atoms with E-state index in [1.165, 1.54) is 0 Å². The first-order valence-electron chi connectivity index (χ1n) is 6.36. The molecule has 0 N–H and O–H groups in total. The molecule has 1 heterocycles. The highest BCUT2D eigenvalue weighted by Crippen LogP contribution is 2.25. The molecule has 4 nitrogen and oxygen atoms in total. The number of likely N-dealkylation sites (tertiary alicyclic amines) is 1. The van der Waals surface area contributed by atoms with E-state index < -0.39 is 0 Å². The standard InChI is InChI=1S/C14H18INO3/c1-18-13-12(15)8-5-9-16(13)14(17)19-10-11-6-3-2-4-7-11/h2-4,6-7,12-13H,5,8-10H2,1H3/t12-,13+/m0/s1. The van der Waals surface area contributed by atoms with Crippen molar-refractivity contribution in [1.29, 1.82) is 0 Å². The topological polar surface area (TPSA) is 38.8 Å². The van der Waals surface area contributed by atoms with Gasteiger partial charge in [0.2, 0.25) is 0 Å². The minimum Gasteiger partial charge on any atom is -0.444 e. The Morgan fingerprint density at radius 1 is 1.42 bits per heavy atom. The summed E-state index contributed by atoms with van der Waals surface area (Å²) in [5, 5.41) is 0. The number of piperidine rings is 1. The van der Waals surface area contributed by atoms with Crippen molar-refractivity contribution in [3.8, 4) is 0 Å². The second-order valence-corrected chi connectivity index (χ2v) is 6.12. The molecule has 1 fully saturated rings. The number of nitrogens with zero attached hydrogens (tertiary/aromatic N) is 1. The van der Waals surface area contributed by atoms with E-state index in [1.807, 2.05) is 30.3 Å². The van der Waals surface area contributed by atoms with Crippen LogP contribution in [0.1, 0.15) is 18.4 Å². The quantitative estimate of drug-likeness (QED) is 0.602. The summed E-state index contributed by atoms with van der Waals surface area (Å²) in [6, 6.07) is 9.69. The fourth-order valence-corrected chi connectivity index (χ4v) is 3.32. The molecule has 1 amide bonds. The molecule has 0 aromatic heterocycles. The molecule has 5 heteroatoms. The lowest BCUT2D eigenvalue weighted by Crippen LogP contribution is -2.50. The predicted molar refractivity (Wildman–Crippen MR) is 81.2 cm³/mol. The zero-order valence-electron chi connectivity index (χ0n) is 10.9. The summed E-state index contributed by atoms with van der Waals surface area (Å²) in [6.07, 6.45) is 1.59. The van der Waals surface area contributed by atoms with Gasteiger partial charge in [0.1, 0.15) is 12.8 Å². The molecule has 1 aromatic carbocycles. The van der Waals surface area contributed by atoms with Gasteiger partial charge in [-0.05, 0) is 18.4 Å². The Hall–Kier alpha value is -0.820. The fraction of sp³-hybridized carbons (Fsp3) is 0.500. The number of hydrogen-bond donors (Lipinski definition) is 0. The molecule has 1 aliphatic rings. The van der Waals surface area contributed by atoms with Gasteiger partial charge < -0.3 is 9.47 Å². The van der Waals surface area contributed by atoms with Crippen LogP contribution in [0.2, 0.25) is 0 Å². The van der Waals surface area contributed by atoms with Crippen LogP contribution in [-0.4, -0.2) is 34.8 Å². The molecule has 0 spiro atoms. The number of benzene rings is 1. The van der Waals surface area contributed by atoms with Crippen LogP contribution in [0, 0.1) is 0 Å². The van der Waals surface area contributed by atoms with Gasteiger partial charge in [0, 0.05) is 13.7 Å². The van der Waals surface area contributed by atoms with Crippen LogP contribution in [0.4, 0.5) is 4.79 Å². The SMILES string of the molecule is CO[C@@H]1[C@@H](I)CCCN1C(=O)OCc1ccccc1. The number of hydrogen-bond acceptors (Lipinski definition) is 3. The van der Waals surface area contributed by atoms with E-state index >= 15 is 0 Å². The van der Waals surface area contributed by atoms with Gasteiger partial charge in [-0.3, -0.25) is 4.90 Å². The Morgan fingerprint density at radius 2 is 2.16 bits per heavy atom. The number of rotatable bonds is 3. The zero-order valence-corrected chi connectivity index (χ0v) is 13.1. The lowest BCUT2D eigenvalue weighted by atomic mass is 10.1. The van der Waals surface area contributed by atoms with Gasteiger partial charge >= 0.3 is 6.09 Å². The third-order valence-electron chi connectivity index (χ3n) is 3.18. The minimum absolute atomic E-state index is 0.183. The summed E-state index contributed by atoms with van der Waals surface area (Å²) in [7, 11) is 1.64. The largest absolute Gasteiger partial charge is 0.444 e. The van der Waals surface area contributed by atoms with E-state index in [2.05, 4.69) is 22.6 Å². The lowest BCUT2D eigenvalue weighted by molar-refractivity contribution is -0.0432. The van der Waals surface area contributed by atoms with E-state index in [9.17, 15) is 4.79 Å². The Bertz CT molecular complexity index is 412. The highest BCUT2D eigenvalue weighted by atomic mass is 127. The van der Waals surface area contributed by atoms with E-state index in [4.69, 9.17) is 9.47 Å². The molecule has 1 aromatic rings. The minimum atomic E-state index is -0.294. The lowest BCUT2D eigenvalue weighted by Gasteiger charge is -2.36. The van der Waals surface area contributed by atoms with Crippen LogP contribution >= 0.6 is 22.6 Å². The average molecular weight is 375 g/mol. The molecule has 2 atom stereocenters. The number of ether oxygens (including phenoxy) is 2. The maximum Gasteiger partial charge on any atom is 0.412 e. The summed E-state index contributed by atoms with van der Waals surface area (Å²) in [6.45, 7) is 1.00. The molecule has 0 unspecified atom stereocenters. The number of carbonyl (C=O) groups excluding carboxylic acids is 1. The molecule has 19 heavy (non-hydrogen) atoms. The van der Waals surface area contributed by atoms with Gasteiger partial charge in [0.15, 0.2) is 0 Å². The Labute approximate surface area is 127 Å². The van der Waals surface area contributed by atoms with Gasteiger partial charge in [0.05, 0.1) is 3.92 Å². The van der Waals surface area contributed by atoms with Gasteiger partial charge in [-0.1, -0.05) is 52.9 Å². The first-order valence-corrected chi connectivity index (χ1v) is 7.61. The summed E-state index contributed by atoms with van der Waals surface area (Å²) >= 11 is 2.33. The fourth-order valence-electron chi connectivity index (χ4n) is 2.19. The molecular weight excluding hydrogens is 357 g/mol. The van der Waals surface area contributed by atoms with Crippen LogP contribution in [0.25, 0.3) is 0 Å². The van der Waals surface area contributed by atoms with Crippen molar-refractivity contribution >= 4 is 28.7 Å². The van der Waals surface area contributed by atoms with Crippen LogP contribution in [-0.2, 0) is 16.1 Å². The maximum absolute atomic E-state index is 12.1. The van der Waals surface area contributed by atoms with Crippen molar-refractivity contribution in [2.75, 3.05) is 13.7 Å². The molecule has 1 aliphatic heterocycles. The van der Waals surface area contributed by atoms with Gasteiger partial charge in [-0.25, -0.2) is 4.79 Å². The summed E-state index contributed by atoms with van der Waals surface area (Å²) in [4.78, 5) is 13.8. The average Bonchev–Trinajstić information content (AvgIpc) is 2.45. The van der Waals surface area contributed by atoms with Gasteiger partial charge in [-0.15, -0.1) is 0 Å². The van der Waals surface area contributed by atoms with Crippen molar-refractivity contribution in [3.05, 3.63) is 35.9 Å². The molecule has 104 valence electrons. The van der Waals surface area contributed by atoms with E-state index in [0.717, 1.165) is 18.4 Å². The van der Waals surface area contributed by atoms with Crippen molar-refractivity contribution in [2.24, 2.45) is 0 Å². The molecule has 0 aliphatic carbocycles. The maximum atomic E-state index is 12.1. The summed E-state index contributed by atoms with van der Waals surface area (Å²) < 4.78 is 11.1. The Balaban J connectivity index is 1.91. The monoisotopic (exact) mass is 375 g/mol. The van der Waals surface area contributed by atoms with Crippen molar-refractivity contribution in [2.45, 2.75) is 29.6 Å². The van der Waals surface area contributed by atoms with Crippen LogP contribution < -0.4 is 0 Å². The smallest absolute Gasteiger partial charge is 0.412 e. The number of carbonyl (C=O) groups is 1. The molecule has 1 saturated heterocycles. The zero-order chi connectivity index (χ0) is 13.7. The summed E-state index contributed by atoms with van der Waals surface area (Å²) in [5.74, 6) is 0. The second-order valence-electron chi connectivity index (χ2n) is 4.52. The Kier molecular flexibility index (Phi) is 5.45. The first kappa shape index (κ1) is 14.6. The van der Waals surface area contributed by atoms with Crippen molar-refractivity contribution < 1.29 is 14.3 Å². The predicted octanol–water partition coefficient (Wildman–Crippen LogP) is 3.20. The molecular formula is C14H18INO3. The third-order valence-corrected chi connectivity index (χ3v) is 4.41. The number of amides is 1. The van der Waals surface area contributed by atoms with E-state index in [0.29, 0.717) is 17.1 Å². The highest BCUT2D eigenvalue weighted by Gasteiger charge is 2.33. The Morgan fingerprint density at radius 3 is 2.84 bits per heavy atom. The van der Waals surface area contributed by atoms with Crippen molar-refractivity contribution in [3.63, 3.8) is 0 Å². The van der Waals surface area contributed by atoms with Crippen molar-refractivity contribution in [1.82, 2.24) is 4.90 Å². The first-order chi connectivity index (χ1) is 9.22. The molecule has 2 rings (SSSR count). The normalized spacial score (nSPS) is 23.2. The highest BCUT2D eigenvalue weighted by molar-refractivity contribution is 14.1. The molecule has 0 bridgehead atoms. The van der Waals surface area contributed by atoms with Crippen LogP contribution in [0.3, 0.4) is 0 Å². The third kappa shape index (κ3) is 3.82. The van der Waals surface area contributed by atoms with E-state index in [-0.39, 0.29) is 12.3 Å². The summed E-state index contributed by atoms with van der Waals surface area (Å²) in [5.41, 5.74) is 0.993. The van der Waals surface area contributed by atoms with Crippen LogP contribution in [0.15, 0.2) is 30.3 Å². The second kappa shape index (κ2) is 7.09. The number of halogens is 1. The van der Waals surface area contributed by atoms with Gasteiger partial charge in [-0.2, -0.15) is 0 Å². The number of alkyl halides is 1. The van der Waals surface area contributed by atoms with E-state index in [1.54, 1.807) is 12.0 Å². The van der Waals surface area contributed by atoms with Gasteiger partial charge in [0.25, 0.3) is 0 Å². The number of methoxy groups -OCH3 is 1. The molecule has 0 radical (unpaired) electrons. The van der Waals surface area contributed by atoms with Crippen LogP contribution in [0.5, 0.6) is 0 Å².